The number of aromatic hydroxyl groups is 1. The number of aliphatic hydroxyl groups excluding tert-OH is 1. The Labute approximate surface area is 182 Å². The molecular weight excluding hydrogens is 435 g/mol. The van der Waals surface area contributed by atoms with Crippen molar-refractivity contribution in [2.75, 3.05) is 0 Å². The molecule has 2 unspecified atom stereocenters. The first-order chi connectivity index (χ1) is 14.1. The summed E-state index contributed by atoms with van der Waals surface area (Å²) in [6.45, 7) is 0. The second-order valence-electron chi connectivity index (χ2n) is 6.62. The minimum Gasteiger partial charge on any atom is -0.508 e. The molecule has 2 atom stereocenters. The summed E-state index contributed by atoms with van der Waals surface area (Å²) in [6.07, 6.45) is -0.733. The van der Waals surface area contributed by atoms with E-state index in [9.17, 15) is 24.6 Å². The number of benzene rings is 2. The van der Waals surface area contributed by atoms with Gasteiger partial charge in [-0.1, -0.05) is 35.3 Å². The van der Waals surface area contributed by atoms with Crippen LogP contribution in [0.15, 0.2) is 36.4 Å². The Hall–Kier alpha value is -2.81. The zero-order valence-electron chi connectivity index (χ0n) is 15.6. The fraction of sp³-hybridized carbons (Fsp3) is 0.250. The van der Waals surface area contributed by atoms with Crippen molar-refractivity contribution in [2.24, 2.45) is 5.73 Å². The van der Waals surface area contributed by atoms with E-state index in [0.29, 0.717) is 24.0 Å². The van der Waals surface area contributed by atoms with E-state index in [1.165, 1.54) is 24.3 Å². The number of aryl methyl sites for hydroxylation is 1. The molecule has 0 saturated carbocycles. The minimum absolute atomic E-state index is 0.00920. The first kappa shape index (κ1) is 23.5. The Bertz CT molecular complexity index is 943. The fourth-order valence-corrected chi connectivity index (χ4v) is 3.52. The molecule has 0 aliphatic rings. The van der Waals surface area contributed by atoms with E-state index in [1.54, 1.807) is 12.1 Å². The monoisotopic (exact) mass is 454 g/mol. The number of nitrogens with one attached hydrogen (secondary N) is 1. The third-order valence-electron chi connectivity index (χ3n) is 4.30. The van der Waals surface area contributed by atoms with Crippen LogP contribution in [-0.2, 0) is 16.0 Å². The number of halogens is 2. The number of primary amides is 1. The molecule has 8 nitrogen and oxygen atoms in total. The summed E-state index contributed by atoms with van der Waals surface area (Å²) in [5, 5.41) is 31.0. The molecule has 0 heterocycles. The van der Waals surface area contributed by atoms with Gasteiger partial charge < -0.3 is 26.4 Å². The van der Waals surface area contributed by atoms with Crippen LogP contribution in [0, 0.1) is 0 Å². The molecule has 2 amide bonds. The lowest BCUT2D eigenvalue weighted by molar-refractivity contribution is -0.140. The van der Waals surface area contributed by atoms with Crippen molar-refractivity contribution in [2.45, 2.75) is 31.4 Å². The van der Waals surface area contributed by atoms with Gasteiger partial charge in [-0.2, -0.15) is 0 Å². The van der Waals surface area contributed by atoms with Crippen LogP contribution in [0.25, 0.3) is 0 Å². The van der Waals surface area contributed by atoms with Gasteiger partial charge in [0.2, 0.25) is 5.91 Å². The summed E-state index contributed by atoms with van der Waals surface area (Å²) < 4.78 is 0. The first-order valence-electron chi connectivity index (χ1n) is 8.85. The largest absolute Gasteiger partial charge is 0.508 e. The topological polar surface area (TPSA) is 150 Å². The molecule has 0 radical (unpaired) electrons. The molecular formula is C20H20Cl2N2O6. The van der Waals surface area contributed by atoms with Gasteiger partial charge in [0.25, 0.3) is 5.91 Å². The predicted octanol–water partition coefficient (Wildman–Crippen LogP) is 2.42. The number of phenols is 1. The van der Waals surface area contributed by atoms with Crippen LogP contribution in [0.5, 0.6) is 5.75 Å². The lowest BCUT2D eigenvalue weighted by Gasteiger charge is -2.16. The zero-order chi connectivity index (χ0) is 22.4. The molecule has 0 aromatic heterocycles. The molecule has 0 fully saturated rings. The average Bonchev–Trinajstić information content (AvgIpc) is 2.64. The third-order valence-corrected chi connectivity index (χ3v) is 4.90. The summed E-state index contributed by atoms with van der Waals surface area (Å²) in [7, 11) is 0. The molecule has 0 bridgehead atoms. The lowest BCUT2D eigenvalue weighted by Crippen LogP contribution is -2.43. The standard InChI is InChI=1S/C20H20Cl2N2O6/c21-13-6-10(4-5-16(26)11-2-1-3-12(25)8-11)7-14(22)18(13)19(28)24-15(20(29)30)9-17(23)27/h1-3,6-8,15-16,25-26H,4-5,9H2,(H2,23,27)(H,24,28)(H,29,30). The normalized spacial score (nSPS) is 12.8. The number of carboxylic acid groups (broad SMARTS) is 1. The SMILES string of the molecule is NC(=O)CC(NC(=O)c1c(Cl)cc(CCC(O)c2cccc(O)c2)cc1Cl)C(=O)O. The zero-order valence-corrected chi connectivity index (χ0v) is 17.2. The molecule has 0 spiro atoms. The molecule has 160 valence electrons. The number of nitrogens with two attached hydrogens (primary N) is 1. The van der Waals surface area contributed by atoms with Crippen LogP contribution < -0.4 is 11.1 Å². The highest BCUT2D eigenvalue weighted by molar-refractivity contribution is 6.39. The molecule has 0 saturated heterocycles. The van der Waals surface area contributed by atoms with Gasteiger partial charge in [-0.15, -0.1) is 0 Å². The smallest absolute Gasteiger partial charge is 0.326 e. The van der Waals surface area contributed by atoms with Crippen molar-refractivity contribution >= 4 is 41.0 Å². The van der Waals surface area contributed by atoms with E-state index in [-0.39, 0.29) is 21.4 Å². The lowest BCUT2D eigenvalue weighted by atomic mass is 10.00. The fourth-order valence-electron chi connectivity index (χ4n) is 2.82. The molecule has 0 aliphatic carbocycles. The number of aliphatic hydroxyl groups is 1. The molecule has 0 aliphatic heterocycles. The van der Waals surface area contributed by atoms with Crippen LogP contribution in [-0.4, -0.2) is 39.1 Å². The van der Waals surface area contributed by atoms with Crippen molar-refractivity contribution in [3.63, 3.8) is 0 Å². The number of hydrogen-bond acceptors (Lipinski definition) is 5. The number of amides is 2. The number of aliphatic carboxylic acids is 1. The highest BCUT2D eigenvalue weighted by atomic mass is 35.5. The Morgan fingerprint density at radius 1 is 1.10 bits per heavy atom. The van der Waals surface area contributed by atoms with E-state index in [2.05, 4.69) is 5.32 Å². The predicted molar refractivity (Wildman–Crippen MR) is 111 cm³/mol. The van der Waals surface area contributed by atoms with Crippen molar-refractivity contribution in [3.8, 4) is 5.75 Å². The van der Waals surface area contributed by atoms with Crippen LogP contribution >= 0.6 is 23.2 Å². The molecule has 2 aromatic carbocycles. The minimum atomic E-state index is -1.51. The van der Waals surface area contributed by atoms with Crippen molar-refractivity contribution in [1.29, 1.82) is 0 Å². The summed E-state index contributed by atoms with van der Waals surface area (Å²) in [4.78, 5) is 34.6. The molecule has 30 heavy (non-hydrogen) atoms. The van der Waals surface area contributed by atoms with Crippen LogP contribution in [0.2, 0.25) is 10.0 Å². The molecule has 6 N–H and O–H groups in total. The molecule has 2 rings (SSSR count). The Morgan fingerprint density at radius 2 is 1.73 bits per heavy atom. The number of carboxylic acids is 1. The third kappa shape index (κ3) is 6.35. The Morgan fingerprint density at radius 3 is 2.27 bits per heavy atom. The van der Waals surface area contributed by atoms with E-state index in [4.69, 9.17) is 34.0 Å². The first-order valence-corrected chi connectivity index (χ1v) is 9.61. The van der Waals surface area contributed by atoms with Crippen molar-refractivity contribution in [3.05, 3.63) is 63.1 Å². The maximum atomic E-state index is 12.4. The van der Waals surface area contributed by atoms with Crippen LogP contribution in [0.4, 0.5) is 0 Å². The van der Waals surface area contributed by atoms with Crippen molar-refractivity contribution in [1.82, 2.24) is 5.32 Å². The van der Waals surface area contributed by atoms with Gasteiger partial charge in [-0.3, -0.25) is 9.59 Å². The number of phenolic OH excluding ortho intramolecular Hbond substituents is 1. The van der Waals surface area contributed by atoms with Gasteiger partial charge in [-0.05, 0) is 48.2 Å². The second kappa shape index (κ2) is 10.3. The van der Waals surface area contributed by atoms with Gasteiger partial charge in [0.15, 0.2) is 0 Å². The summed E-state index contributed by atoms with van der Waals surface area (Å²) >= 11 is 12.3. The van der Waals surface area contributed by atoms with E-state index >= 15 is 0 Å². The maximum absolute atomic E-state index is 12.4. The number of carbonyl (C=O) groups is 3. The molecule has 2 aromatic rings. The van der Waals surface area contributed by atoms with Gasteiger partial charge in [0, 0.05) is 0 Å². The number of carbonyl (C=O) groups excluding carboxylic acids is 2. The summed E-state index contributed by atoms with van der Waals surface area (Å²) in [5.41, 5.74) is 6.06. The quantitative estimate of drug-likeness (QED) is 0.392. The van der Waals surface area contributed by atoms with Crippen molar-refractivity contribution < 1.29 is 29.7 Å². The van der Waals surface area contributed by atoms with Crippen LogP contribution in [0.3, 0.4) is 0 Å². The summed E-state index contributed by atoms with van der Waals surface area (Å²) in [5.74, 6) is -3.12. The van der Waals surface area contributed by atoms with E-state index in [1.807, 2.05) is 0 Å². The second-order valence-corrected chi connectivity index (χ2v) is 7.43. The number of rotatable bonds is 9. The maximum Gasteiger partial charge on any atom is 0.326 e. The average molecular weight is 455 g/mol. The number of hydrogen-bond donors (Lipinski definition) is 5. The van der Waals surface area contributed by atoms with Gasteiger partial charge in [0.1, 0.15) is 11.8 Å². The highest BCUT2D eigenvalue weighted by Crippen LogP contribution is 2.29. The Kier molecular flexibility index (Phi) is 8.05. The van der Waals surface area contributed by atoms with E-state index < -0.39 is 36.4 Å². The highest BCUT2D eigenvalue weighted by Gasteiger charge is 2.25. The van der Waals surface area contributed by atoms with Gasteiger partial charge in [-0.25, -0.2) is 4.79 Å². The Balaban J connectivity index is 2.11. The van der Waals surface area contributed by atoms with Gasteiger partial charge in [0.05, 0.1) is 28.1 Å². The summed E-state index contributed by atoms with van der Waals surface area (Å²) in [6, 6.07) is 7.73. The van der Waals surface area contributed by atoms with Gasteiger partial charge >= 0.3 is 5.97 Å². The van der Waals surface area contributed by atoms with E-state index in [0.717, 1.165) is 0 Å². The van der Waals surface area contributed by atoms with Crippen LogP contribution in [0.1, 0.15) is 40.4 Å². The molecule has 10 heteroatoms.